The number of aliphatic hydroxyl groups excluding tert-OH is 2. The first-order chi connectivity index (χ1) is 22.0. The number of cyclic esters (lactones) is 1. The number of hydrogen-bond donors (Lipinski definition) is 4. The Morgan fingerprint density at radius 1 is 0.913 bits per heavy atom. The highest BCUT2D eigenvalue weighted by atomic mass is 31.2. The SMILES string of the molecule is COc1cc([C@@H]2c3cc4c(cc3[C@@H](OC3CC5COC(C)OC5C(O)C3O)[C@H]3COC(=O)[C@H]23)OCO4)cc(OC)c1OP(=O)(O)O. The van der Waals surface area contributed by atoms with E-state index in [0.29, 0.717) is 41.2 Å². The minimum atomic E-state index is -4.99. The van der Waals surface area contributed by atoms with Gasteiger partial charge in [0.1, 0.15) is 12.2 Å². The standard InChI is InChI=1S/C30H35O15P/c1-12-39-9-14-6-20(25(31)26(32)27(14)43-12)44-28-16-8-19-18(41-11-42-19)7-15(16)23(24-17(28)10-40-30(24)33)13-4-21(37-2)29(22(5-13)38-3)45-46(34,35)36/h4-5,7-8,12,14,17,20,23-28,31-32H,6,9-11H2,1-3H3,(H2,34,35,36)/t12?,14?,17-,20?,23+,24-,25?,26?,27?,28+/m0/s1. The lowest BCUT2D eigenvalue weighted by Gasteiger charge is -2.48. The molecule has 2 aromatic carbocycles. The van der Waals surface area contributed by atoms with Crippen LogP contribution < -0.4 is 23.5 Å². The Hall–Kier alpha value is -3.14. The summed E-state index contributed by atoms with van der Waals surface area (Å²) in [5.74, 6) is -2.13. The molecule has 2 aromatic rings. The molecule has 7 rings (SSSR count). The first-order valence-electron chi connectivity index (χ1n) is 14.9. The maximum atomic E-state index is 13.5. The molecule has 3 fully saturated rings. The highest BCUT2D eigenvalue weighted by Gasteiger charge is 2.55. The molecule has 4 N–H and O–H groups in total. The van der Waals surface area contributed by atoms with Gasteiger partial charge in [-0.1, -0.05) is 0 Å². The molecule has 15 nitrogen and oxygen atoms in total. The summed E-state index contributed by atoms with van der Waals surface area (Å²) >= 11 is 0. The Bertz CT molecular complexity index is 1530. The van der Waals surface area contributed by atoms with Crippen LogP contribution in [0.4, 0.5) is 0 Å². The minimum Gasteiger partial charge on any atom is -0.493 e. The smallest absolute Gasteiger partial charge is 0.493 e. The van der Waals surface area contributed by atoms with Crippen molar-refractivity contribution in [1.82, 2.24) is 0 Å². The summed E-state index contributed by atoms with van der Waals surface area (Å²) < 4.78 is 62.7. The van der Waals surface area contributed by atoms with Gasteiger partial charge in [0.15, 0.2) is 29.3 Å². The highest BCUT2D eigenvalue weighted by molar-refractivity contribution is 7.46. The Kier molecular flexibility index (Phi) is 8.09. The molecule has 5 aliphatic rings. The van der Waals surface area contributed by atoms with Gasteiger partial charge in [0.25, 0.3) is 0 Å². The normalized spacial score (nSPS) is 34.6. The fraction of sp³-hybridized carbons (Fsp3) is 0.567. The number of methoxy groups -OCH3 is 2. The number of aliphatic hydroxyl groups is 2. The molecule has 0 amide bonds. The summed E-state index contributed by atoms with van der Waals surface area (Å²) in [6.45, 7) is 2.08. The molecule has 1 saturated carbocycles. The van der Waals surface area contributed by atoms with Crippen molar-refractivity contribution in [2.75, 3.05) is 34.2 Å². The van der Waals surface area contributed by atoms with Gasteiger partial charge in [0.05, 0.1) is 51.7 Å². The monoisotopic (exact) mass is 666 g/mol. The van der Waals surface area contributed by atoms with Crippen LogP contribution in [0.3, 0.4) is 0 Å². The summed E-state index contributed by atoms with van der Waals surface area (Å²) in [7, 11) is -2.37. The summed E-state index contributed by atoms with van der Waals surface area (Å²) in [4.78, 5) is 32.5. The second-order valence-electron chi connectivity index (χ2n) is 12.0. The molecule has 2 saturated heterocycles. The van der Waals surface area contributed by atoms with E-state index in [4.69, 9.17) is 42.4 Å². The van der Waals surface area contributed by atoms with Gasteiger partial charge in [-0.05, 0) is 54.3 Å². The molecular weight excluding hydrogens is 631 g/mol. The third kappa shape index (κ3) is 5.38. The van der Waals surface area contributed by atoms with Gasteiger partial charge < -0.3 is 52.6 Å². The van der Waals surface area contributed by atoms with Gasteiger partial charge in [-0.25, -0.2) is 4.57 Å². The van der Waals surface area contributed by atoms with E-state index in [1.54, 1.807) is 19.1 Å². The number of fused-ring (bicyclic) bond motifs is 4. The zero-order valence-electron chi connectivity index (χ0n) is 25.1. The molecule has 0 radical (unpaired) electrons. The molecule has 16 heteroatoms. The lowest BCUT2D eigenvalue weighted by atomic mass is 9.66. The highest BCUT2D eigenvalue weighted by Crippen LogP contribution is 2.58. The Morgan fingerprint density at radius 3 is 2.24 bits per heavy atom. The molecule has 6 unspecified atom stereocenters. The second-order valence-corrected chi connectivity index (χ2v) is 13.2. The third-order valence-electron chi connectivity index (χ3n) is 9.45. The average molecular weight is 667 g/mol. The number of hydrogen-bond acceptors (Lipinski definition) is 13. The first-order valence-corrected chi connectivity index (χ1v) is 16.4. The van der Waals surface area contributed by atoms with E-state index in [-0.39, 0.29) is 36.6 Å². The number of phosphoric acid groups is 1. The van der Waals surface area contributed by atoms with E-state index in [2.05, 4.69) is 0 Å². The lowest BCUT2D eigenvalue weighted by Crippen LogP contribution is -2.59. The number of ether oxygens (including phenoxy) is 8. The predicted molar refractivity (Wildman–Crippen MR) is 153 cm³/mol. The molecule has 2 aliphatic carbocycles. The van der Waals surface area contributed by atoms with E-state index in [1.165, 1.54) is 26.4 Å². The zero-order chi connectivity index (χ0) is 32.5. The maximum Gasteiger partial charge on any atom is 0.525 e. The molecule has 0 aromatic heterocycles. The van der Waals surface area contributed by atoms with E-state index in [1.807, 2.05) is 0 Å². The molecule has 0 bridgehead atoms. The molecule has 250 valence electrons. The largest absolute Gasteiger partial charge is 0.525 e. The van der Waals surface area contributed by atoms with E-state index in [9.17, 15) is 29.4 Å². The van der Waals surface area contributed by atoms with Crippen LogP contribution in [-0.2, 0) is 28.3 Å². The molecule has 3 heterocycles. The Balaban J connectivity index is 1.32. The quantitative estimate of drug-likeness (QED) is 0.246. The van der Waals surface area contributed by atoms with Crippen LogP contribution in [0.5, 0.6) is 28.7 Å². The average Bonchev–Trinajstić information content (AvgIpc) is 3.64. The van der Waals surface area contributed by atoms with Crippen LogP contribution in [0, 0.1) is 17.8 Å². The van der Waals surface area contributed by atoms with E-state index < -0.39 is 68.4 Å². The lowest BCUT2D eigenvalue weighted by molar-refractivity contribution is -0.289. The fourth-order valence-corrected chi connectivity index (χ4v) is 7.86. The first kappa shape index (κ1) is 31.5. The molecule has 10 atom stereocenters. The van der Waals surface area contributed by atoms with Crippen molar-refractivity contribution in [2.24, 2.45) is 17.8 Å². The van der Waals surface area contributed by atoms with Gasteiger partial charge in [-0.15, -0.1) is 0 Å². The number of esters is 1. The molecule has 46 heavy (non-hydrogen) atoms. The van der Waals surface area contributed by atoms with Gasteiger partial charge in [-0.2, -0.15) is 0 Å². The molecule has 3 aliphatic heterocycles. The van der Waals surface area contributed by atoms with Gasteiger partial charge in [-0.3, -0.25) is 14.6 Å². The Morgan fingerprint density at radius 2 is 1.59 bits per heavy atom. The number of carbonyl (C=O) groups excluding carboxylic acids is 1. The van der Waals surface area contributed by atoms with Gasteiger partial charge in [0, 0.05) is 17.8 Å². The zero-order valence-corrected chi connectivity index (χ0v) is 26.0. The topological polar surface area (TPSA) is 198 Å². The van der Waals surface area contributed by atoms with Crippen molar-refractivity contribution in [1.29, 1.82) is 0 Å². The summed E-state index contributed by atoms with van der Waals surface area (Å²) in [5.41, 5.74) is 1.82. The van der Waals surface area contributed by atoms with E-state index >= 15 is 0 Å². The van der Waals surface area contributed by atoms with Crippen LogP contribution in [0.25, 0.3) is 0 Å². The molecular formula is C30H35O15P. The number of carbonyl (C=O) groups is 1. The van der Waals surface area contributed by atoms with Crippen molar-refractivity contribution in [3.05, 3.63) is 41.0 Å². The number of rotatable bonds is 7. The van der Waals surface area contributed by atoms with Gasteiger partial charge in [0.2, 0.25) is 12.5 Å². The minimum absolute atomic E-state index is 0.00556. The maximum absolute atomic E-state index is 13.5. The Labute approximate surface area is 263 Å². The van der Waals surface area contributed by atoms with E-state index in [0.717, 1.165) is 0 Å². The van der Waals surface area contributed by atoms with Crippen LogP contribution in [0.2, 0.25) is 0 Å². The van der Waals surface area contributed by atoms with Crippen LogP contribution in [0.15, 0.2) is 24.3 Å². The van der Waals surface area contributed by atoms with Crippen LogP contribution >= 0.6 is 7.82 Å². The van der Waals surface area contributed by atoms with Gasteiger partial charge >= 0.3 is 13.8 Å². The summed E-state index contributed by atoms with van der Waals surface area (Å²) in [6.07, 6.45) is -4.84. The second kappa shape index (κ2) is 11.8. The van der Waals surface area contributed by atoms with Crippen molar-refractivity contribution in [2.45, 2.75) is 56.1 Å². The van der Waals surface area contributed by atoms with Crippen LogP contribution in [0.1, 0.15) is 42.1 Å². The van der Waals surface area contributed by atoms with Crippen molar-refractivity contribution in [3.8, 4) is 28.7 Å². The summed E-state index contributed by atoms with van der Waals surface area (Å²) in [6, 6.07) is 6.62. The third-order valence-corrected chi connectivity index (χ3v) is 9.87. The van der Waals surface area contributed by atoms with Crippen LogP contribution in [-0.4, -0.2) is 90.9 Å². The van der Waals surface area contributed by atoms with Crippen molar-refractivity contribution < 1.29 is 71.8 Å². The molecule has 0 spiro atoms. The predicted octanol–water partition coefficient (Wildman–Crippen LogP) is 1.77. The summed E-state index contributed by atoms with van der Waals surface area (Å²) in [5, 5.41) is 22.2. The number of benzene rings is 2. The fourth-order valence-electron chi connectivity index (χ4n) is 7.44. The van der Waals surface area contributed by atoms with Crippen molar-refractivity contribution >= 4 is 13.8 Å². The number of phosphoric ester groups is 1. The van der Waals surface area contributed by atoms with Crippen molar-refractivity contribution in [3.63, 3.8) is 0 Å².